The normalized spacial score (nSPS) is 10.9. The van der Waals surface area contributed by atoms with Gasteiger partial charge in [0.1, 0.15) is 5.00 Å². The van der Waals surface area contributed by atoms with Crippen LogP contribution in [0.3, 0.4) is 0 Å². The molecule has 2 aromatic rings. The third kappa shape index (κ3) is 3.52. The first-order chi connectivity index (χ1) is 10.0. The summed E-state index contributed by atoms with van der Waals surface area (Å²) in [6.45, 7) is 5.98. The van der Waals surface area contributed by atoms with Gasteiger partial charge in [0.2, 0.25) is 6.39 Å². The number of nitrogens with two attached hydrogens (primary N) is 1. The SMILES string of the molecule is CCC(=O)c1sc(NCc2ncon2)c(OC(C)C)c1N. The largest absolute Gasteiger partial charge is 0.486 e. The Labute approximate surface area is 126 Å². The van der Waals surface area contributed by atoms with Crippen molar-refractivity contribution in [3.63, 3.8) is 0 Å². The molecule has 0 aliphatic rings. The Balaban J connectivity index is 2.26. The predicted octanol–water partition coefficient (Wildman–Crippen LogP) is 2.71. The number of aromatic nitrogens is 2. The lowest BCUT2D eigenvalue weighted by Gasteiger charge is -2.12. The van der Waals surface area contributed by atoms with Gasteiger partial charge in [-0.1, -0.05) is 12.1 Å². The van der Waals surface area contributed by atoms with Crippen LogP contribution in [-0.4, -0.2) is 22.0 Å². The van der Waals surface area contributed by atoms with E-state index in [4.69, 9.17) is 10.5 Å². The molecule has 0 spiro atoms. The van der Waals surface area contributed by atoms with E-state index in [-0.39, 0.29) is 11.9 Å². The molecule has 0 fully saturated rings. The first-order valence-electron chi connectivity index (χ1n) is 6.64. The zero-order chi connectivity index (χ0) is 15.4. The number of nitrogen functional groups attached to an aromatic ring is 1. The minimum atomic E-state index is -0.0443. The Morgan fingerprint density at radius 2 is 2.33 bits per heavy atom. The molecule has 114 valence electrons. The van der Waals surface area contributed by atoms with E-state index < -0.39 is 0 Å². The minimum absolute atomic E-state index is 0.00119. The van der Waals surface area contributed by atoms with Gasteiger partial charge in [-0.3, -0.25) is 4.79 Å². The zero-order valence-electron chi connectivity index (χ0n) is 12.2. The van der Waals surface area contributed by atoms with E-state index in [9.17, 15) is 4.79 Å². The summed E-state index contributed by atoms with van der Waals surface area (Å²) in [5, 5.41) is 7.55. The molecule has 0 aliphatic heterocycles. The van der Waals surface area contributed by atoms with E-state index in [0.717, 1.165) is 0 Å². The molecule has 0 saturated carbocycles. The third-order valence-electron chi connectivity index (χ3n) is 2.64. The lowest BCUT2D eigenvalue weighted by molar-refractivity contribution is 0.0992. The van der Waals surface area contributed by atoms with Crippen molar-refractivity contribution in [1.29, 1.82) is 0 Å². The molecular weight excluding hydrogens is 292 g/mol. The van der Waals surface area contributed by atoms with E-state index >= 15 is 0 Å². The molecule has 2 heterocycles. The number of nitrogens with zero attached hydrogens (tertiary/aromatic N) is 2. The smallest absolute Gasteiger partial charge is 0.213 e. The van der Waals surface area contributed by atoms with Crippen molar-refractivity contribution in [2.45, 2.75) is 39.8 Å². The molecule has 8 heteroatoms. The second kappa shape index (κ2) is 6.57. The molecule has 0 bridgehead atoms. The average Bonchev–Trinajstić information content (AvgIpc) is 3.06. The first kappa shape index (κ1) is 15.3. The van der Waals surface area contributed by atoms with Gasteiger partial charge < -0.3 is 20.3 Å². The number of carbonyl (C=O) groups excluding carboxylic acids is 1. The number of ketones is 1. The van der Waals surface area contributed by atoms with Gasteiger partial charge in [-0.05, 0) is 13.8 Å². The van der Waals surface area contributed by atoms with Crippen LogP contribution >= 0.6 is 11.3 Å². The molecule has 0 aromatic carbocycles. The standard InChI is InChI=1S/C13H18N4O3S/c1-4-8(18)12-10(14)11(20-7(2)3)13(21-12)15-5-9-16-6-19-17-9/h6-7,15H,4-5,14H2,1-3H3. The highest BCUT2D eigenvalue weighted by Gasteiger charge is 2.22. The molecule has 2 rings (SSSR count). The predicted molar refractivity (Wildman–Crippen MR) is 80.7 cm³/mol. The van der Waals surface area contributed by atoms with Crippen molar-refractivity contribution in [3.8, 4) is 5.75 Å². The summed E-state index contributed by atoms with van der Waals surface area (Å²) < 4.78 is 10.4. The van der Waals surface area contributed by atoms with Crippen molar-refractivity contribution in [2.75, 3.05) is 11.1 Å². The number of Topliss-reactive ketones (excluding diaryl/α,β-unsaturated/α-hetero) is 1. The van der Waals surface area contributed by atoms with Crippen LogP contribution in [0.1, 0.15) is 42.7 Å². The molecule has 0 amide bonds. The Morgan fingerprint density at radius 1 is 1.57 bits per heavy atom. The quantitative estimate of drug-likeness (QED) is 0.758. The summed E-state index contributed by atoms with van der Waals surface area (Å²) in [4.78, 5) is 16.4. The van der Waals surface area contributed by atoms with Crippen molar-refractivity contribution < 1.29 is 14.1 Å². The van der Waals surface area contributed by atoms with Crippen LogP contribution in [0.15, 0.2) is 10.9 Å². The monoisotopic (exact) mass is 310 g/mol. The summed E-state index contributed by atoms with van der Waals surface area (Å²) in [6, 6.07) is 0. The van der Waals surface area contributed by atoms with Crippen LogP contribution < -0.4 is 15.8 Å². The van der Waals surface area contributed by atoms with E-state index in [1.54, 1.807) is 6.92 Å². The number of anilines is 2. The highest BCUT2D eigenvalue weighted by Crippen LogP contribution is 2.43. The van der Waals surface area contributed by atoms with Crippen LogP contribution in [-0.2, 0) is 6.54 Å². The number of hydrogen-bond donors (Lipinski definition) is 2. The van der Waals surface area contributed by atoms with Gasteiger partial charge in [0.05, 0.1) is 23.2 Å². The van der Waals surface area contributed by atoms with Gasteiger partial charge in [-0.15, -0.1) is 11.3 Å². The topological polar surface area (TPSA) is 103 Å². The van der Waals surface area contributed by atoms with E-state index in [0.29, 0.717) is 40.1 Å². The maximum absolute atomic E-state index is 11.9. The number of nitrogens with one attached hydrogen (secondary N) is 1. The van der Waals surface area contributed by atoms with Gasteiger partial charge in [0, 0.05) is 6.42 Å². The second-order valence-electron chi connectivity index (χ2n) is 4.65. The Bertz CT molecular complexity index is 607. The van der Waals surface area contributed by atoms with E-state index in [1.165, 1.54) is 17.7 Å². The van der Waals surface area contributed by atoms with Gasteiger partial charge in [-0.2, -0.15) is 4.98 Å². The zero-order valence-corrected chi connectivity index (χ0v) is 13.0. The molecular formula is C13H18N4O3S. The molecule has 2 aromatic heterocycles. The van der Waals surface area contributed by atoms with E-state index in [2.05, 4.69) is 20.0 Å². The fraction of sp³-hybridized carbons (Fsp3) is 0.462. The molecule has 7 nitrogen and oxygen atoms in total. The summed E-state index contributed by atoms with van der Waals surface area (Å²) in [5.41, 5.74) is 6.44. The molecule has 3 N–H and O–H groups in total. The molecule has 0 unspecified atom stereocenters. The van der Waals surface area contributed by atoms with Gasteiger partial charge in [-0.25, -0.2) is 0 Å². The fourth-order valence-electron chi connectivity index (χ4n) is 1.70. The van der Waals surface area contributed by atoms with Crippen LogP contribution in [0.25, 0.3) is 0 Å². The number of carbonyl (C=O) groups is 1. The fourth-order valence-corrected chi connectivity index (χ4v) is 2.76. The highest BCUT2D eigenvalue weighted by atomic mass is 32.1. The maximum atomic E-state index is 11.9. The summed E-state index contributed by atoms with van der Waals surface area (Å²) in [6.07, 6.45) is 1.62. The third-order valence-corrected chi connectivity index (χ3v) is 3.83. The minimum Gasteiger partial charge on any atom is -0.486 e. The summed E-state index contributed by atoms with van der Waals surface area (Å²) in [7, 11) is 0. The lowest BCUT2D eigenvalue weighted by Crippen LogP contribution is -2.09. The average molecular weight is 310 g/mol. The van der Waals surface area contributed by atoms with Gasteiger partial charge in [0.25, 0.3) is 0 Å². The molecule has 0 saturated heterocycles. The van der Waals surface area contributed by atoms with Crippen LogP contribution in [0, 0.1) is 0 Å². The molecule has 0 atom stereocenters. The summed E-state index contributed by atoms with van der Waals surface area (Å²) in [5.74, 6) is 1.02. The number of hydrogen-bond acceptors (Lipinski definition) is 8. The molecule has 0 radical (unpaired) electrons. The lowest BCUT2D eigenvalue weighted by atomic mass is 10.2. The number of thiophene rings is 1. The first-order valence-corrected chi connectivity index (χ1v) is 7.45. The van der Waals surface area contributed by atoms with Crippen molar-refractivity contribution >= 4 is 27.8 Å². The second-order valence-corrected chi connectivity index (χ2v) is 5.67. The Hall–Kier alpha value is -2.09. The maximum Gasteiger partial charge on any atom is 0.213 e. The Morgan fingerprint density at radius 3 is 2.90 bits per heavy atom. The van der Waals surface area contributed by atoms with Crippen molar-refractivity contribution in [1.82, 2.24) is 10.1 Å². The van der Waals surface area contributed by atoms with Gasteiger partial charge in [0.15, 0.2) is 17.4 Å². The molecule has 21 heavy (non-hydrogen) atoms. The molecule has 0 aliphatic carbocycles. The van der Waals surface area contributed by atoms with E-state index in [1.807, 2.05) is 13.8 Å². The van der Waals surface area contributed by atoms with Gasteiger partial charge >= 0.3 is 0 Å². The number of ether oxygens (including phenoxy) is 1. The van der Waals surface area contributed by atoms with Crippen LogP contribution in [0.2, 0.25) is 0 Å². The van der Waals surface area contributed by atoms with Crippen LogP contribution in [0.5, 0.6) is 5.75 Å². The van der Waals surface area contributed by atoms with Crippen molar-refractivity contribution in [2.24, 2.45) is 0 Å². The highest BCUT2D eigenvalue weighted by molar-refractivity contribution is 7.19. The van der Waals surface area contributed by atoms with Crippen molar-refractivity contribution in [3.05, 3.63) is 17.1 Å². The Kier molecular flexibility index (Phi) is 4.79. The number of rotatable bonds is 7. The van der Waals surface area contributed by atoms with Crippen LogP contribution in [0.4, 0.5) is 10.7 Å². The summed E-state index contributed by atoms with van der Waals surface area (Å²) >= 11 is 1.29.